The van der Waals surface area contributed by atoms with Crippen LogP contribution < -0.4 is 51.7 Å². The third-order valence-corrected chi connectivity index (χ3v) is 10.6. The first kappa shape index (κ1) is 61.7. The number of H-pyrrole nitrogens is 2. The summed E-state index contributed by atoms with van der Waals surface area (Å²) in [4.78, 5) is 36.1. The maximum Gasteiger partial charge on any atom is 0.426 e. The summed E-state index contributed by atoms with van der Waals surface area (Å²) in [5.74, 6) is 0.493. The van der Waals surface area contributed by atoms with Crippen LogP contribution in [0.2, 0.25) is 0 Å². The number of hydrogen-bond donors (Lipinski definition) is 7. The Morgan fingerprint density at radius 2 is 1.28 bits per heavy atom. The van der Waals surface area contributed by atoms with Gasteiger partial charge in [-0.2, -0.15) is 10.2 Å². The van der Waals surface area contributed by atoms with E-state index in [0.29, 0.717) is 51.6 Å². The molecule has 0 radical (unpaired) electrons. The molecule has 0 spiro atoms. The molecule has 2 aromatic heterocycles. The number of nitrogens with one attached hydrogen (secondary N) is 6. The van der Waals surface area contributed by atoms with Crippen LogP contribution in [0.1, 0.15) is 58.2 Å². The molecule has 1 unspecified atom stereocenters. The molecule has 1 atom stereocenters. The first-order valence-corrected chi connectivity index (χ1v) is 31.3. The zero-order chi connectivity index (χ0) is 53.6. The first-order chi connectivity index (χ1) is 33.8. The van der Waals surface area contributed by atoms with Crippen LogP contribution in [0.15, 0.2) is 129 Å². The molecule has 2 heterocycles. The van der Waals surface area contributed by atoms with Gasteiger partial charge in [0.05, 0.1) is 16.9 Å². The Kier molecular flexibility index (Phi) is 26.2. The summed E-state index contributed by atoms with van der Waals surface area (Å²) < 4.78 is 68.6. The smallest absolute Gasteiger partial charge is 0.253 e. The largest absolute Gasteiger partial charge is 0.426 e. The van der Waals surface area contributed by atoms with Crippen LogP contribution in [0, 0.1) is 17.6 Å². The van der Waals surface area contributed by atoms with Gasteiger partial charge in [0.15, 0.2) is 11.6 Å². The fourth-order valence-corrected chi connectivity index (χ4v) is 6.57. The van der Waals surface area contributed by atoms with Crippen LogP contribution >= 0.6 is 42.1 Å². The van der Waals surface area contributed by atoms with E-state index < -0.39 is 47.6 Å². The van der Waals surface area contributed by atoms with Crippen molar-refractivity contribution < 1.29 is 80.5 Å². The van der Waals surface area contributed by atoms with Gasteiger partial charge < -0.3 is 10.6 Å². The summed E-state index contributed by atoms with van der Waals surface area (Å²) in [6.07, 6.45) is 3.52. The molecule has 7 N–H and O–H groups in total. The van der Waals surface area contributed by atoms with E-state index in [1.165, 1.54) is 24.3 Å². The number of halogens is 6. The van der Waals surface area contributed by atoms with Crippen molar-refractivity contribution in [1.82, 2.24) is 31.0 Å². The van der Waals surface area contributed by atoms with Crippen molar-refractivity contribution >= 4 is 88.2 Å². The Bertz CT molecular complexity index is 2760. The number of rotatable bonds is 12. The molecule has 6 rings (SSSR count). The SMILES string of the molecule is CC(C)CN=C(NC(=O)c1cccc(S(C)=O)c1)Nc1cc(-c2ccc(F)cc2)[nH]n1.CSc1cccc(C(=O)NC(=NC(C)(C)C)Nc2cc(-c3ccc(F)cc3)[nH]n2)c1.[Cl][Fe]([Cl])[Cl].[HH].[HH].[O-][I+3]([O-])([O-])OOO. The van der Waals surface area contributed by atoms with Gasteiger partial charge in [0, 0.05) is 64.5 Å². The van der Waals surface area contributed by atoms with Crippen LogP contribution in [0.5, 0.6) is 0 Å². The topological polar surface area (TPSA) is 289 Å². The molecule has 0 fully saturated rings. The molecule has 0 aliphatic rings. The minimum atomic E-state index is -5.74. The van der Waals surface area contributed by atoms with Crippen molar-refractivity contribution in [3.8, 4) is 22.5 Å². The minimum Gasteiger partial charge on any atom is -0.253 e. The number of aromatic amines is 2. The molecule has 72 heavy (non-hydrogen) atoms. The number of aromatic nitrogens is 4. The standard InChI is InChI=1S/C22H24FN5O2S.C22H24FN5OS.3ClH.Fe.HIO6.2H2/c1-14(2)13-24-22(26-21(29)16-5-4-6-18(11-16)31(3)30)25-20-12-19(27-28-20)15-7-9-17(23)10-8-15;1-22(2,3)26-21(25-20(29)15-6-5-7-17(12-15)30-4)24-19-13-18(27-28-19)14-8-10-16(23)11-9-14;;;;;2-1(3,4)6-7-5;;/h4-12,14H,13H2,1-3H3,(H3,24,25,26,27,28,29);5-13H,1-4H3,(H3,24,25,26,27,28,29);3*1H;;5H;2*1H/q;;;;;+3;;;/p-3. The van der Waals surface area contributed by atoms with E-state index in [9.17, 15) is 32.9 Å². The number of carbonyl (C=O) groups is 2. The third kappa shape index (κ3) is 24.4. The second-order valence-corrected chi connectivity index (χ2v) is 25.8. The van der Waals surface area contributed by atoms with Gasteiger partial charge in [-0.15, -0.1) is 11.8 Å². The molecule has 0 bridgehead atoms. The Balaban J connectivity index is 0.000000602. The van der Waals surface area contributed by atoms with Crippen LogP contribution in [0.25, 0.3) is 22.5 Å². The molecule has 2 amide bonds. The van der Waals surface area contributed by atoms with Crippen molar-refractivity contribution in [3.63, 3.8) is 0 Å². The maximum atomic E-state index is 13.2. The van der Waals surface area contributed by atoms with Gasteiger partial charge in [0.25, 0.3) is 11.8 Å². The number of anilines is 2. The van der Waals surface area contributed by atoms with Gasteiger partial charge in [0.1, 0.15) is 11.6 Å². The fraction of sp³-hybridized carbons (Fsp3) is 0.227. The zero-order valence-electron chi connectivity index (χ0n) is 39.1. The van der Waals surface area contributed by atoms with Crippen molar-refractivity contribution in [1.29, 1.82) is 0 Å². The third-order valence-electron chi connectivity index (χ3n) is 8.35. The Morgan fingerprint density at radius 1 is 0.819 bits per heavy atom. The number of benzene rings is 4. The van der Waals surface area contributed by atoms with E-state index in [2.05, 4.69) is 59.9 Å². The molecule has 0 aliphatic heterocycles. The van der Waals surface area contributed by atoms with E-state index in [4.69, 9.17) is 35.6 Å². The summed E-state index contributed by atoms with van der Waals surface area (Å²) >= 11 is -5.50. The number of nitrogens with zero attached hydrogens (tertiary/aromatic N) is 4. The maximum absolute atomic E-state index is 13.2. The van der Waals surface area contributed by atoms with E-state index in [-0.39, 0.29) is 38.2 Å². The van der Waals surface area contributed by atoms with E-state index in [1.807, 2.05) is 59.1 Å². The second-order valence-electron chi connectivity index (χ2n) is 15.6. The molecule has 19 nitrogen and oxygen atoms in total. The first-order valence-electron chi connectivity index (χ1n) is 20.4. The van der Waals surface area contributed by atoms with Crippen LogP contribution in [0.3, 0.4) is 0 Å². The fourth-order valence-electron chi connectivity index (χ4n) is 5.35. The van der Waals surface area contributed by atoms with Crippen molar-refractivity contribution in [2.75, 3.05) is 29.7 Å². The normalized spacial score (nSPS) is 12.2. The predicted octanol–water partition coefficient (Wildman–Crippen LogP) is 4.61. The van der Waals surface area contributed by atoms with Gasteiger partial charge in [-0.3, -0.25) is 49.9 Å². The predicted molar refractivity (Wildman–Crippen MR) is 268 cm³/mol. The average molecular weight is 1260 g/mol. The summed E-state index contributed by atoms with van der Waals surface area (Å²) in [5.41, 5.74) is 3.47. The summed E-state index contributed by atoms with van der Waals surface area (Å²) in [6.45, 7) is 10.3. The molecule has 28 heteroatoms. The van der Waals surface area contributed by atoms with Crippen molar-refractivity contribution in [2.24, 2.45) is 15.9 Å². The summed E-state index contributed by atoms with van der Waals surface area (Å²) in [6, 6.07) is 29.7. The molecule has 6 aromatic rings. The quantitative estimate of drug-likeness (QED) is 0.0168. The van der Waals surface area contributed by atoms with Gasteiger partial charge in [0.2, 0.25) is 15.1 Å². The number of aliphatic imine (C=N–C) groups is 2. The number of amides is 2. The Hall–Kier alpha value is -4.58. The van der Waals surface area contributed by atoms with E-state index in [1.54, 1.807) is 84.7 Å². The molecule has 0 saturated heterocycles. The molecule has 0 saturated carbocycles. The number of hydrogen-bond acceptors (Lipinski definition) is 14. The van der Waals surface area contributed by atoms with E-state index in [0.717, 1.165) is 16.0 Å². The summed E-state index contributed by atoms with van der Waals surface area (Å²) in [7, 11) is 13.5. The van der Waals surface area contributed by atoms with Gasteiger partial charge >= 0.3 is 61.6 Å². The monoisotopic (exact) mass is 1260 g/mol. The van der Waals surface area contributed by atoms with Gasteiger partial charge in [-0.05, 0) is 129 Å². The average Bonchev–Trinajstić information content (AvgIpc) is 3.98. The zero-order valence-corrected chi connectivity index (χ0v) is 46.3. The van der Waals surface area contributed by atoms with Crippen LogP contribution in [-0.4, -0.2) is 78.2 Å². The molecular formula is C44H53Cl3F2FeIN10O9S2. The second kappa shape index (κ2) is 30.6. The molecule has 4 aromatic carbocycles. The van der Waals surface area contributed by atoms with Gasteiger partial charge in [-0.25, -0.2) is 19.0 Å². The molecule has 395 valence electrons. The summed E-state index contributed by atoms with van der Waals surface area (Å²) in [5, 5.41) is 35.6. The van der Waals surface area contributed by atoms with Crippen molar-refractivity contribution in [2.45, 2.75) is 49.9 Å². The number of thioether (sulfide) groups is 1. The van der Waals surface area contributed by atoms with E-state index >= 15 is 0 Å². The number of carbonyl (C=O) groups excluding carboxylic acids is 2. The minimum absolute atomic E-state index is 0. The molecular weight excluding hydrogens is 1200 g/mol. The van der Waals surface area contributed by atoms with Gasteiger partial charge in [-0.1, -0.05) is 26.0 Å². The van der Waals surface area contributed by atoms with Crippen LogP contribution in [-0.2, 0) is 30.2 Å². The Labute approximate surface area is 446 Å². The molecule has 0 aliphatic carbocycles. The van der Waals surface area contributed by atoms with Crippen molar-refractivity contribution in [3.05, 3.63) is 132 Å². The number of guanidine groups is 2. The Morgan fingerprint density at radius 3 is 1.69 bits per heavy atom. The van der Waals surface area contributed by atoms with Crippen LogP contribution in [0.4, 0.5) is 20.4 Å².